The molecule has 31 heavy (non-hydrogen) atoms. The van der Waals surface area contributed by atoms with Crippen molar-refractivity contribution in [3.8, 4) is 0 Å². The van der Waals surface area contributed by atoms with Gasteiger partial charge in [0, 0.05) is 32.2 Å². The number of alkyl halides is 1. The topological polar surface area (TPSA) is 85.0 Å². The molecule has 3 N–H and O–H groups in total. The number of aliphatic hydroxyl groups excluding tert-OH is 1. The minimum absolute atomic E-state index is 0.000623. The molecule has 0 radical (unpaired) electrons. The van der Waals surface area contributed by atoms with Crippen LogP contribution in [0, 0.1) is 11.7 Å². The Morgan fingerprint density at radius 3 is 2.87 bits per heavy atom. The quantitative estimate of drug-likeness (QED) is 0.562. The zero-order valence-corrected chi connectivity index (χ0v) is 18.3. The Labute approximate surface area is 187 Å². The molecule has 0 aromatic heterocycles. The number of aliphatic hydroxyl groups is 1. The Bertz CT molecular complexity index is 799. The normalized spacial score (nSPS) is 23.5. The first-order valence-electron chi connectivity index (χ1n) is 10.6. The first kappa shape index (κ1) is 23.7. The lowest BCUT2D eigenvalue weighted by molar-refractivity contribution is -0.114. The van der Waals surface area contributed by atoms with Crippen LogP contribution < -0.4 is 5.73 Å². The van der Waals surface area contributed by atoms with Crippen molar-refractivity contribution in [1.82, 2.24) is 4.90 Å². The van der Waals surface area contributed by atoms with Gasteiger partial charge in [0.15, 0.2) is 0 Å². The maximum absolute atomic E-state index is 13.2. The summed E-state index contributed by atoms with van der Waals surface area (Å²) in [5.41, 5.74) is 6.75. The molecule has 3 unspecified atom stereocenters. The van der Waals surface area contributed by atoms with E-state index in [1.807, 2.05) is 0 Å². The van der Waals surface area contributed by atoms with E-state index in [-0.39, 0.29) is 42.0 Å². The number of nitrogens with two attached hydrogens (primary N) is 1. The second-order valence-electron chi connectivity index (χ2n) is 8.06. The lowest BCUT2D eigenvalue weighted by Gasteiger charge is -2.28. The van der Waals surface area contributed by atoms with Gasteiger partial charge in [-0.15, -0.1) is 11.6 Å². The number of nitrogens with zero attached hydrogens (tertiary/aromatic N) is 1. The molecule has 1 aliphatic carbocycles. The van der Waals surface area contributed by atoms with E-state index in [0.717, 1.165) is 25.1 Å². The van der Waals surface area contributed by atoms with Crippen LogP contribution in [0.1, 0.15) is 18.4 Å². The molecular weight excluding hydrogens is 423 g/mol. The Hall–Kier alpha value is -1.93. The summed E-state index contributed by atoms with van der Waals surface area (Å²) < 4.78 is 25.0. The summed E-state index contributed by atoms with van der Waals surface area (Å²) in [5.74, 6) is -0.531. The molecule has 3 rings (SSSR count). The molecule has 1 aromatic carbocycles. The van der Waals surface area contributed by atoms with Crippen molar-refractivity contribution in [3.05, 3.63) is 59.1 Å². The fourth-order valence-electron chi connectivity index (χ4n) is 3.88. The maximum Gasteiger partial charge on any atom is 0.252 e. The molecule has 1 amide bonds. The van der Waals surface area contributed by atoms with Crippen molar-refractivity contribution in [2.45, 2.75) is 30.7 Å². The second-order valence-corrected chi connectivity index (χ2v) is 8.62. The summed E-state index contributed by atoms with van der Waals surface area (Å²) in [6.07, 6.45) is 5.54. The molecule has 0 bridgehead atoms. The van der Waals surface area contributed by atoms with Gasteiger partial charge in [0.1, 0.15) is 11.6 Å². The van der Waals surface area contributed by atoms with Crippen LogP contribution >= 0.6 is 11.6 Å². The van der Waals surface area contributed by atoms with Crippen LogP contribution in [0.2, 0.25) is 0 Å². The molecule has 1 aliphatic heterocycles. The number of hydrogen-bond donors (Lipinski definition) is 2. The van der Waals surface area contributed by atoms with Gasteiger partial charge in [0.2, 0.25) is 0 Å². The number of hydrogen-bond acceptors (Lipinski definition) is 5. The number of carbonyl (C=O) groups is 1. The summed E-state index contributed by atoms with van der Waals surface area (Å²) in [6, 6.07) is 6.49. The van der Waals surface area contributed by atoms with E-state index < -0.39 is 5.91 Å². The summed E-state index contributed by atoms with van der Waals surface area (Å²) in [4.78, 5) is 13.9. The van der Waals surface area contributed by atoms with Gasteiger partial charge in [-0.05, 0) is 49.1 Å². The fraction of sp³-hybridized carbons (Fsp3) is 0.522. The van der Waals surface area contributed by atoms with Gasteiger partial charge in [-0.3, -0.25) is 4.79 Å². The predicted octanol–water partition coefficient (Wildman–Crippen LogP) is 2.39. The molecule has 2 aliphatic rings. The lowest BCUT2D eigenvalue weighted by atomic mass is 10.0. The van der Waals surface area contributed by atoms with Gasteiger partial charge >= 0.3 is 0 Å². The molecule has 1 fully saturated rings. The third-order valence-electron chi connectivity index (χ3n) is 5.47. The van der Waals surface area contributed by atoms with E-state index in [2.05, 4.69) is 4.90 Å². The standard InChI is InChI=1S/C23H30ClFN2O4/c24-18-4-7-22(21(11-18)23(26)29)31-15-17(14-28)12-27-8-1-9-30-20(13-27)10-16-2-5-19(25)6-3-16/h2-3,5-7,11,17-18,20,28H,1,4,8-10,12-15H2,(H2,26,29). The van der Waals surface area contributed by atoms with E-state index >= 15 is 0 Å². The van der Waals surface area contributed by atoms with Crippen molar-refractivity contribution >= 4 is 17.5 Å². The number of amides is 1. The number of carbonyl (C=O) groups excluding carboxylic acids is 1. The number of rotatable bonds is 9. The predicted molar refractivity (Wildman–Crippen MR) is 117 cm³/mol. The van der Waals surface area contributed by atoms with Gasteiger partial charge in [-0.1, -0.05) is 12.1 Å². The van der Waals surface area contributed by atoms with Crippen LogP contribution in [-0.2, 0) is 20.7 Å². The SMILES string of the molecule is NC(=O)C1=CC(Cl)CC=C1OCC(CO)CN1CCCOC(Cc2ccc(F)cc2)C1. The number of allylic oxidation sites excluding steroid dienone is 2. The van der Waals surface area contributed by atoms with Gasteiger partial charge in [0.05, 0.1) is 30.3 Å². The average Bonchev–Trinajstić information content (AvgIpc) is 2.98. The molecule has 0 saturated carbocycles. The molecule has 0 spiro atoms. The van der Waals surface area contributed by atoms with E-state index in [4.69, 9.17) is 26.8 Å². The third-order valence-corrected chi connectivity index (χ3v) is 5.77. The molecule has 1 heterocycles. The third kappa shape index (κ3) is 7.31. The van der Waals surface area contributed by atoms with Gasteiger partial charge < -0.3 is 25.2 Å². The number of halogens is 2. The molecule has 6 nitrogen and oxygen atoms in total. The van der Waals surface area contributed by atoms with E-state index in [1.165, 1.54) is 12.1 Å². The molecular formula is C23H30ClFN2O4. The first-order chi connectivity index (χ1) is 14.9. The monoisotopic (exact) mass is 452 g/mol. The number of benzene rings is 1. The van der Waals surface area contributed by atoms with Crippen molar-refractivity contribution in [3.63, 3.8) is 0 Å². The first-order valence-corrected chi connectivity index (χ1v) is 11.1. The van der Waals surface area contributed by atoms with E-state index in [1.54, 1.807) is 24.3 Å². The molecule has 170 valence electrons. The largest absolute Gasteiger partial charge is 0.493 e. The van der Waals surface area contributed by atoms with Crippen molar-refractivity contribution in [2.75, 3.05) is 39.5 Å². The number of ether oxygens (including phenoxy) is 2. The van der Waals surface area contributed by atoms with Gasteiger partial charge in [-0.2, -0.15) is 0 Å². The van der Waals surface area contributed by atoms with Crippen molar-refractivity contribution in [1.29, 1.82) is 0 Å². The molecule has 1 saturated heterocycles. The highest BCUT2D eigenvalue weighted by Gasteiger charge is 2.24. The van der Waals surface area contributed by atoms with Crippen LogP contribution in [0.25, 0.3) is 0 Å². The summed E-state index contributed by atoms with van der Waals surface area (Å²) >= 11 is 6.07. The average molecular weight is 453 g/mol. The summed E-state index contributed by atoms with van der Waals surface area (Å²) in [6.45, 7) is 3.11. The van der Waals surface area contributed by atoms with Crippen molar-refractivity contribution < 1.29 is 23.8 Å². The Kier molecular flexibility index (Phi) is 8.90. The van der Waals surface area contributed by atoms with Crippen LogP contribution in [0.4, 0.5) is 4.39 Å². The van der Waals surface area contributed by atoms with Crippen LogP contribution in [-0.4, -0.2) is 66.8 Å². The zero-order valence-electron chi connectivity index (χ0n) is 17.5. The zero-order chi connectivity index (χ0) is 22.2. The Morgan fingerprint density at radius 2 is 2.16 bits per heavy atom. The minimum atomic E-state index is -0.578. The molecule has 8 heteroatoms. The second kappa shape index (κ2) is 11.6. The summed E-state index contributed by atoms with van der Waals surface area (Å²) in [7, 11) is 0. The number of primary amides is 1. The Morgan fingerprint density at radius 1 is 1.39 bits per heavy atom. The smallest absolute Gasteiger partial charge is 0.252 e. The van der Waals surface area contributed by atoms with E-state index in [0.29, 0.717) is 31.8 Å². The van der Waals surface area contributed by atoms with Crippen LogP contribution in [0.3, 0.4) is 0 Å². The summed E-state index contributed by atoms with van der Waals surface area (Å²) in [5, 5.41) is 9.60. The van der Waals surface area contributed by atoms with Gasteiger partial charge in [0.25, 0.3) is 5.91 Å². The minimum Gasteiger partial charge on any atom is -0.493 e. The highest BCUT2D eigenvalue weighted by molar-refractivity contribution is 6.22. The molecule has 1 aromatic rings. The highest BCUT2D eigenvalue weighted by Crippen LogP contribution is 2.24. The molecule has 3 atom stereocenters. The highest BCUT2D eigenvalue weighted by atomic mass is 35.5. The fourth-order valence-corrected chi connectivity index (χ4v) is 4.09. The van der Waals surface area contributed by atoms with Crippen molar-refractivity contribution in [2.24, 2.45) is 11.7 Å². The van der Waals surface area contributed by atoms with Gasteiger partial charge in [-0.25, -0.2) is 4.39 Å². The van der Waals surface area contributed by atoms with Crippen LogP contribution in [0.5, 0.6) is 0 Å². The maximum atomic E-state index is 13.2. The lowest BCUT2D eigenvalue weighted by Crippen LogP contribution is -2.38. The Balaban J connectivity index is 1.54. The van der Waals surface area contributed by atoms with Crippen LogP contribution in [0.15, 0.2) is 47.7 Å². The van der Waals surface area contributed by atoms with E-state index in [9.17, 15) is 14.3 Å².